The molecule has 1 saturated heterocycles. The first-order chi connectivity index (χ1) is 12.8. The van der Waals surface area contributed by atoms with Gasteiger partial charge < -0.3 is 19.4 Å². The zero-order valence-electron chi connectivity index (χ0n) is 15.8. The maximum atomic E-state index is 11.6. The second kappa shape index (κ2) is 7.56. The summed E-state index contributed by atoms with van der Waals surface area (Å²) >= 11 is 0. The fourth-order valence-electron chi connectivity index (χ4n) is 3.73. The number of hydrogen-bond acceptors (Lipinski definition) is 5. The average Bonchev–Trinajstić information content (AvgIpc) is 2.90. The van der Waals surface area contributed by atoms with Gasteiger partial charge in [-0.15, -0.1) is 0 Å². The topological polar surface area (TPSA) is 76.0 Å². The third kappa shape index (κ3) is 3.58. The van der Waals surface area contributed by atoms with Crippen LogP contribution in [0.5, 0.6) is 0 Å². The summed E-state index contributed by atoms with van der Waals surface area (Å²) < 4.78 is 11.7. The highest BCUT2D eigenvalue weighted by molar-refractivity contribution is 6.99. The highest BCUT2D eigenvalue weighted by atomic mass is 28.4. The number of rotatable bonds is 5. The van der Waals surface area contributed by atoms with Gasteiger partial charge in [-0.25, -0.2) is 4.79 Å². The lowest BCUT2D eigenvalue weighted by Gasteiger charge is -2.43. The van der Waals surface area contributed by atoms with Crippen LogP contribution in [-0.4, -0.2) is 49.4 Å². The van der Waals surface area contributed by atoms with Crippen molar-refractivity contribution in [2.45, 2.75) is 44.1 Å². The molecule has 1 aliphatic rings. The van der Waals surface area contributed by atoms with Crippen molar-refractivity contribution in [3.8, 4) is 0 Å². The largest absolute Gasteiger partial charge is 0.455 e. The van der Waals surface area contributed by atoms with Gasteiger partial charge in [0, 0.05) is 0 Å². The summed E-state index contributed by atoms with van der Waals surface area (Å²) in [4.78, 5) is 11.6. The van der Waals surface area contributed by atoms with E-state index < -0.39 is 32.6 Å². The molecular formula is C21H26O5Si. The number of carbonyl (C=O) groups is 1. The van der Waals surface area contributed by atoms with E-state index in [2.05, 4.69) is 45.0 Å². The molecule has 1 fully saturated rings. The molecule has 1 aliphatic heterocycles. The molecule has 2 aromatic rings. The molecule has 2 aromatic carbocycles. The van der Waals surface area contributed by atoms with Gasteiger partial charge in [0.1, 0.15) is 6.10 Å². The van der Waals surface area contributed by atoms with Gasteiger partial charge in [0.15, 0.2) is 12.2 Å². The van der Waals surface area contributed by atoms with Crippen molar-refractivity contribution in [3.05, 3.63) is 60.7 Å². The highest BCUT2D eigenvalue weighted by Gasteiger charge is 2.52. The third-order valence-electron chi connectivity index (χ3n) is 5.09. The number of cyclic esters (lactones) is 1. The molecule has 3 rings (SSSR count). The molecule has 6 heteroatoms. The van der Waals surface area contributed by atoms with Crippen LogP contribution in [0, 0.1) is 0 Å². The van der Waals surface area contributed by atoms with E-state index in [0.717, 1.165) is 10.4 Å². The first-order valence-corrected chi connectivity index (χ1v) is 11.0. The van der Waals surface area contributed by atoms with E-state index in [1.54, 1.807) is 0 Å². The third-order valence-corrected chi connectivity index (χ3v) is 10.1. The van der Waals surface area contributed by atoms with Crippen LogP contribution in [0.3, 0.4) is 0 Å². The average molecular weight is 387 g/mol. The van der Waals surface area contributed by atoms with E-state index >= 15 is 0 Å². The molecule has 0 aliphatic carbocycles. The Labute approximate surface area is 160 Å². The standard InChI is InChI=1S/C21H26O5Si/c1-21(2,3)27(15-10-6-4-7-11-15,16-12-8-5-9-13-16)25-14-17-18(22)19(23)20(24)26-17/h4-13,17-19,22-23H,14H2,1-3H3/t17-,18-,19-/m0/s1. The van der Waals surface area contributed by atoms with Crippen molar-refractivity contribution in [1.82, 2.24) is 0 Å². The number of hydrogen-bond donors (Lipinski definition) is 2. The van der Waals surface area contributed by atoms with E-state index in [4.69, 9.17) is 9.16 Å². The van der Waals surface area contributed by atoms with Crippen molar-refractivity contribution < 1.29 is 24.2 Å². The van der Waals surface area contributed by atoms with Crippen molar-refractivity contribution in [3.63, 3.8) is 0 Å². The lowest BCUT2D eigenvalue weighted by Crippen LogP contribution is -2.67. The van der Waals surface area contributed by atoms with Crippen LogP contribution in [0.25, 0.3) is 0 Å². The fourth-order valence-corrected chi connectivity index (χ4v) is 8.30. The lowest BCUT2D eigenvalue weighted by molar-refractivity contribution is -0.148. The molecule has 0 bridgehead atoms. The van der Waals surface area contributed by atoms with Crippen LogP contribution in [0.1, 0.15) is 20.8 Å². The van der Waals surface area contributed by atoms with Crippen molar-refractivity contribution in [2.24, 2.45) is 0 Å². The predicted molar refractivity (Wildman–Crippen MR) is 105 cm³/mol. The van der Waals surface area contributed by atoms with Gasteiger partial charge in [-0.3, -0.25) is 0 Å². The van der Waals surface area contributed by atoms with E-state index in [1.165, 1.54) is 0 Å². The number of esters is 1. The Kier molecular flexibility index (Phi) is 5.53. The molecule has 144 valence electrons. The lowest BCUT2D eigenvalue weighted by atomic mass is 10.1. The number of benzene rings is 2. The molecule has 0 amide bonds. The minimum Gasteiger partial charge on any atom is -0.455 e. The first kappa shape index (κ1) is 19.8. The Morgan fingerprint density at radius 3 is 1.81 bits per heavy atom. The highest BCUT2D eigenvalue weighted by Crippen LogP contribution is 2.37. The van der Waals surface area contributed by atoms with E-state index in [9.17, 15) is 15.0 Å². The van der Waals surface area contributed by atoms with Gasteiger partial charge >= 0.3 is 5.97 Å². The first-order valence-electron chi connectivity index (χ1n) is 9.09. The van der Waals surface area contributed by atoms with E-state index in [-0.39, 0.29) is 11.6 Å². The SMILES string of the molecule is CC(C)(C)[Si](OC[C@@H]1OC(=O)[C@@H](O)[C@H]1O)(c1ccccc1)c1ccccc1. The predicted octanol–water partition coefficient (Wildman–Crippen LogP) is 1.21. The minimum atomic E-state index is -2.77. The molecule has 3 atom stereocenters. The molecule has 0 unspecified atom stereocenters. The second-order valence-electron chi connectivity index (χ2n) is 7.89. The summed E-state index contributed by atoms with van der Waals surface area (Å²) in [5.74, 6) is -0.807. The number of aliphatic hydroxyl groups excluding tert-OH is 2. The monoisotopic (exact) mass is 386 g/mol. The number of ether oxygens (including phenoxy) is 1. The van der Waals surface area contributed by atoms with E-state index in [0.29, 0.717) is 0 Å². The Hall–Kier alpha value is -1.99. The summed E-state index contributed by atoms with van der Waals surface area (Å²) in [5.41, 5.74) is 0. The Balaban J connectivity index is 2.03. The fraction of sp³-hybridized carbons (Fsp3) is 0.381. The molecule has 5 nitrogen and oxygen atoms in total. The van der Waals surface area contributed by atoms with Crippen LogP contribution < -0.4 is 10.4 Å². The van der Waals surface area contributed by atoms with Gasteiger partial charge in [0.2, 0.25) is 0 Å². The summed E-state index contributed by atoms with van der Waals surface area (Å²) in [6.45, 7) is 6.46. The Morgan fingerprint density at radius 2 is 1.44 bits per heavy atom. The maximum absolute atomic E-state index is 11.6. The van der Waals surface area contributed by atoms with E-state index in [1.807, 2.05) is 36.4 Å². The van der Waals surface area contributed by atoms with Crippen LogP contribution in [-0.2, 0) is 14.0 Å². The zero-order valence-corrected chi connectivity index (χ0v) is 16.8. The molecule has 0 spiro atoms. The molecular weight excluding hydrogens is 360 g/mol. The van der Waals surface area contributed by atoms with Crippen molar-refractivity contribution in [2.75, 3.05) is 6.61 Å². The van der Waals surface area contributed by atoms with Crippen LogP contribution in [0.2, 0.25) is 5.04 Å². The van der Waals surface area contributed by atoms with Crippen LogP contribution in [0.4, 0.5) is 0 Å². The number of carbonyl (C=O) groups excluding carboxylic acids is 1. The van der Waals surface area contributed by atoms with Gasteiger partial charge in [0.25, 0.3) is 8.32 Å². The normalized spacial score (nSPS) is 23.3. The minimum absolute atomic E-state index is 0.0250. The summed E-state index contributed by atoms with van der Waals surface area (Å²) in [7, 11) is -2.77. The summed E-state index contributed by atoms with van der Waals surface area (Å²) in [6.07, 6.45) is -3.68. The van der Waals surface area contributed by atoms with Gasteiger partial charge in [0.05, 0.1) is 6.61 Å². The number of aliphatic hydroxyl groups is 2. The smallest absolute Gasteiger partial charge is 0.338 e. The quantitative estimate of drug-likeness (QED) is 0.597. The Bertz CT molecular complexity index is 733. The summed E-state index contributed by atoms with van der Waals surface area (Å²) in [5, 5.41) is 21.8. The zero-order chi connectivity index (χ0) is 19.7. The van der Waals surface area contributed by atoms with Gasteiger partial charge in [-0.1, -0.05) is 81.4 Å². The maximum Gasteiger partial charge on any atom is 0.338 e. The molecule has 2 N–H and O–H groups in total. The van der Waals surface area contributed by atoms with Crippen LogP contribution >= 0.6 is 0 Å². The van der Waals surface area contributed by atoms with Gasteiger partial charge in [-0.2, -0.15) is 0 Å². The molecule has 0 aromatic heterocycles. The summed E-state index contributed by atoms with van der Waals surface area (Å²) in [6, 6.07) is 20.2. The molecule has 0 saturated carbocycles. The molecule has 1 heterocycles. The molecule has 0 radical (unpaired) electrons. The second-order valence-corrected chi connectivity index (χ2v) is 12.2. The molecule has 27 heavy (non-hydrogen) atoms. The van der Waals surface area contributed by atoms with Crippen LogP contribution in [0.15, 0.2) is 60.7 Å². The Morgan fingerprint density at radius 1 is 0.963 bits per heavy atom. The van der Waals surface area contributed by atoms with Gasteiger partial charge in [-0.05, 0) is 15.4 Å². The van der Waals surface area contributed by atoms with Crippen molar-refractivity contribution >= 4 is 24.7 Å². The van der Waals surface area contributed by atoms with Crippen molar-refractivity contribution in [1.29, 1.82) is 0 Å².